The number of aliphatic hydroxyl groups is 1. The Bertz CT molecular complexity index is 1540. The predicted octanol–water partition coefficient (Wildman–Crippen LogP) is 4.51. The zero-order chi connectivity index (χ0) is 29.2. The molecule has 4 aromatic rings. The number of aromatic nitrogens is 5. The molecule has 0 amide bonds. The first-order valence-corrected chi connectivity index (χ1v) is 14.6. The van der Waals surface area contributed by atoms with Crippen LogP contribution in [0.3, 0.4) is 0 Å². The van der Waals surface area contributed by atoms with E-state index in [1.807, 2.05) is 10.9 Å². The number of piperidine rings is 1. The molecule has 3 aromatic heterocycles. The maximum atomic E-state index is 13.5. The molecule has 1 saturated carbocycles. The number of likely N-dealkylation sites (tertiary alicyclic amines) is 1. The van der Waals surface area contributed by atoms with Gasteiger partial charge in [-0.1, -0.05) is 0 Å². The Labute approximate surface area is 243 Å². The lowest BCUT2D eigenvalue weighted by molar-refractivity contribution is 0.104. The topological polar surface area (TPSA) is 133 Å². The summed E-state index contributed by atoms with van der Waals surface area (Å²) >= 11 is 0. The molecular formula is C30H37FN8O3. The molecule has 2 aliphatic rings. The molecule has 6 rings (SSSR count). The van der Waals surface area contributed by atoms with Crippen molar-refractivity contribution in [3.8, 4) is 5.88 Å². The highest BCUT2D eigenvalue weighted by atomic mass is 19.1. The molecule has 4 N–H and O–H groups in total. The number of ketones is 1. The molecule has 1 saturated heterocycles. The number of hydrogen-bond donors (Lipinski definition) is 4. The number of H-pyrrole nitrogens is 1. The first kappa shape index (κ1) is 28.1. The van der Waals surface area contributed by atoms with Crippen LogP contribution in [0, 0.1) is 11.7 Å². The van der Waals surface area contributed by atoms with Crippen LogP contribution in [0.25, 0.3) is 11.0 Å². The summed E-state index contributed by atoms with van der Waals surface area (Å²) in [5.41, 5.74) is 1.92. The van der Waals surface area contributed by atoms with Gasteiger partial charge in [0.2, 0.25) is 5.95 Å². The van der Waals surface area contributed by atoms with Crippen molar-refractivity contribution in [1.29, 1.82) is 0 Å². The number of methoxy groups -OCH3 is 1. The summed E-state index contributed by atoms with van der Waals surface area (Å²) < 4.78 is 21.1. The number of fused-ring (bicyclic) bond motifs is 1. The number of nitrogens with zero attached hydrogens (tertiary/aromatic N) is 5. The Morgan fingerprint density at radius 2 is 1.86 bits per heavy atom. The van der Waals surface area contributed by atoms with Crippen LogP contribution in [-0.2, 0) is 0 Å². The van der Waals surface area contributed by atoms with E-state index >= 15 is 0 Å². The van der Waals surface area contributed by atoms with Gasteiger partial charge in [-0.05, 0) is 88.8 Å². The van der Waals surface area contributed by atoms with Crippen LogP contribution in [-0.4, -0.2) is 80.4 Å². The average molecular weight is 577 g/mol. The fraction of sp³-hybridized carbons (Fsp3) is 0.467. The van der Waals surface area contributed by atoms with Crippen LogP contribution in [0.15, 0.2) is 36.7 Å². The van der Waals surface area contributed by atoms with Crippen LogP contribution in [0.2, 0.25) is 0 Å². The highest BCUT2D eigenvalue weighted by Crippen LogP contribution is 2.34. The Morgan fingerprint density at radius 1 is 1.12 bits per heavy atom. The number of hydrogen-bond acceptors (Lipinski definition) is 9. The minimum absolute atomic E-state index is 0.129. The Kier molecular flexibility index (Phi) is 8.07. The van der Waals surface area contributed by atoms with E-state index < -0.39 is 5.82 Å². The molecule has 0 spiro atoms. The number of ether oxygens (including phenoxy) is 1. The van der Waals surface area contributed by atoms with E-state index in [0.29, 0.717) is 51.4 Å². The monoisotopic (exact) mass is 576 g/mol. The zero-order valence-corrected chi connectivity index (χ0v) is 23.9. The number of carbonyl (C=O) groups is 1. The number of benzene rings is 1. The molecular weight excluding hydrogens is 539 g/mol. The molecule has 2 fully saturated rings. The molecule has 1 aliphatic heterocycles. The van der Waals surface area contributed by atoms with Crippen LogP contribution >= 0.6 is 0 Å². The fourth-order valence-electron chi connectivity index (χ4n) is 5.99. The molecule has 0 atom stereocenters. The minimum atomic E-state index is -0.403. The van der Waals surface area contributed by atoms with Gasteiger partial charge in [0, 0.05) is 24.4 Å². The predicted molar refractivity (Wildman–Crippen MR) is 158 cm³/mol. The van der Waals surface area contributed by atoms with E-state index in [2.05, 4.69) is 32.7 Å². The summed E-state index contributed by atoms with van der Waals surface area (Å²) in [6.45, 7) is 2.21. The first-order chi connectivity index (χ1) is 20.4. The van der Waals surface area contributed by atoms with Crippen molar-refractivity contribution in [2.45, 2.75) is 50.6 Å². The molecule has 1 aliphatic carbocycles. The summed E-state index contributed by atoms with van der Waals surface area (Å²) in [7, 11) is 3.72. The fourth-order valence-corrected chi connectivity index (χ4v) is 5.99. The van der Waals surface area contributed by atoms with Crippen molar-refractivity contribution in [1.82, 2.24) is 29.6 Å². The van der Waals surface area contributed by atoms with Gasteiger partial charge in [0.1, 0.15) is 23.0 Å². The Morgan fingerprint density at radius 3 is 2.55 bits per heavy atom. The van der Waals surface area contributed by atoms with E-state index in [-0.39, 0.29) is 24.5 Å². The van der Waals surface area contributed by atoms with Crippen LogP contribution in [0.4, 0.5) is 21.8 Å². The third-order valence-electron chi connectivity index (χ3n) is 8.53. The second-order valence-electron chi connectivity index (χ2n) is 11.4. The summed E-state index contributed by atoms with van der Waals surface area (Å²) in [6.07, 6.45) is 9.15. The summed E-state index contributed by atoms with van der Waals surface area (Å²) in [4.78, 5) is 28.5. The highest BCUT2D eigenvalue weighted by Gasteiger charge is 2.26. The number of rotatable bonds is 9. The number of aromatic amines is 1. The molecule has 1 aromatic carbocycles. The maximum Gasteiger partial charge on any atom is 0.256 e. The SMILES string of the molecule is COc1nn(C2CCN(C)CC2)cc1Nc1nc(NC2CCC(CO)CC2)c2c(C(=O)c3ccc(F)cc3)c[nH]c2n1. The van der Waals surface area contributed by atoms with Crippen molar-refractivity contribution in [2.75, 3.05) is 44.5 Å². The molecule has 11 nitrogen and oxygen atoms in total. The second kappa shape index (κ2) is 12.1. The van der Waals surface area contributed by atoms with Crippen LogP contribution in [0.5, 0.6) is 5.88 Å². The van der Waals surface area contributed by atoms with Gasteiger partial charge >= 0.3 is 0 Å². The Balaban J connectivity index is 1.34. The smallest absolute Gasteiger partial charge is 0.256 e. The largest absolute Gasteiger partial charge is 0.478 e. The molecule has 0 bridgehead atoms. The number of anilines is 3. The van der Waals surface area contributed by atoms with Gasteiger partial charge in [0.15, 0.2) is 5.78 Å². The van der Waals surface area contributed by atoms with Gasteiger partial charge in [0.25, 0.3) is 5.88 Å². The lowest BCUT2D eigenvalue weighted by atomic mass is 9.86. The standard InChI is InChI=1S/C30H37FN8O3/c1-38-13-11-22(12-14-38)39-16-24(29(37-39)42-2)34-30-35-27-25(28(36-30)33-21-9-3-18(17-40)4-10-21)23(15-32-27)26(41)19-5-7-20(31)8-6-19/h5-8,15-16,18,21-22,40H,3-4,9-14,17H2,1-2H3,(H3,32,33,34,35,36). The zero-order valence-electron chi connectivity index (χ0n) is 23.9. The van der Waals surface area contributed by atoms with Gasteiger partial charge in [0.05, 0.1) is 30.3 Å². The lowest BCUT2D eigenvalue weighted by Crippen LogP contribution is -2.31. The number of aliphatic hydroxyl groups excluding tert-OH is 1. The van der Waals surface area contributed by atoms with Crippen molar-refractivity contribution in [2.24, 2.45) is 5.92 Å². The van der Waals surface area contributed by atoms with E-state index in [4.69, 9.17) is 14.7 Å². The molecule has 222 valence electrons. The van der Waals surface area contributed by atoms with Gasteiger partial charge in [-0.25, -0.2) is 4.39 Å². The van der Waals surface area contributed by atoms with Gasteiger partial charge < -0.3 is 30.4 Å². The highest BCUT2D eigenvalue weighted by molar-refractivity contribution is 6.18. The molecule has 12 heteroatoms. The first-order valence-electron chi connectivity index (χ1n) is 14.6. The van der Waals surface area contributed by atoms with Crippen LogP contribution < -0.4 is 15.4 Å². The van der Waals surface area contributed by atoms with E-state index in [0.717, 1.165) is 51.6 Å². The quantitative estimate of drug-likeness (QED) is 0.213. The molecule has 0 radical (unpaired) electrons. The van der Waals surface area contributed by atoms with Crippen molar-refractivity contribution in [3.63, 3.8) is 0 Å². The minimum Gasteiger partial charge on any atom is -0.478 e. The molecule has 42 heavy (non-hydrogen) atoms. The van der Waals surface area contributed by atoms with Crippen molar-refractivity contribution in [3.05, 3.63) is 53.6 Å². The lowest BCUT2D eigenvalue weighted by Gasteiger charge is -2.28. The van der Waals surface area contributed by atoms with Gasteiger partial charge in [-0.15, -0.1) is 5.10 Å². The van der Waals surface area contributed by atoms with Crippen molar-refractivity contribution < 1.29 is 19.0 Å². The molecule has 4 heterocycles. The third-order valence-corrected chi connectivity index (χ3v) is 8.53. The number of halogens is 1. The van der Waals surface area contributed by atoms with Gasteiger partial charge in [-0.2, -0.15) is 9.97 Å². The molecule has 0 unspecified atom stereocenters. The second-order valence-corrected chi connectivity index (χ2v) is 11.4. The van der Waals surface area contributed by atoms with Gasteiger partial charge in [-0.3, -0.25) is 9.48 Å². The number of nitrogens with one attached hydrogen (secondary N) is 3. The Hall–Kier alpha value is -4.03. The normalized spacial score (nSPS) is 20.1. The van der Waals surface area contributed by atoms with Crippen molar-refractivity contribution >= 4 is 34.3 Å². The van der Waals surface area contributed by atoms with Crippen LogP contribution in [0.1, 0.15) is 60.5 Å². The van der Waals surface area contributed by atoms with E-state index in [1.54, 1.807) is 13.3 Å². The third kappa shape index (κ3) is 5.82. The van der Waals surface area contributed by atoms with E-state index in [1.165, 1.54) is 24.3 Å². The average Bonchev–Trinajstić information content (AvgIpc) is 3.62. The maximum absolute atomic E-state index is 13.5. The summed E-state index contributed by atoms with van der Waals surface area (Å²) in [5.74, 6) is 0.968. The number of carbonyl (C=O) groups excluding carboxylic acids is 1. The summed E-state index contributed by atoms with van der Waals surface area (Å²) in [6, 6.07) is 5.92. The summed E-state index contributed by atoms with van der Waals surface area (Å²) in [5, 5.41) is 21.7. The van der Waals surface area contributed by atoms with E-state index in [9.17, 15) is 14.3 Å².